The second-order valence-electron chi connectivity index (χ2n) is 7.56. The van der Waals surface area contributed by atoms with Crippen molar-refractivity contribution in [2.75, 3.05) is 5.32 Å². The molecule has 29 heavy (non-hydrogen) atoms. The van der Waals surface area contributed by atoms with Crippen molar-refractivity contribution >= 4 is 22.5 Å². The molecule has 3 heterocycles. The Bertz CT molecular complexity index is 1070. The van der Waals surface area contributed by atoms with E-state index in [-0.39, 0.29) is 12.3 Å². The molecule has 0 radical (unpaired) electrons. The van der Waals surface area contributed by atoms with Crippen LogP contribution in [0.3, 0.4) is 0 Å². The molecular formula is C22H23FN4O2. The maximum atomic E-state index is 13.0. The smallest absolute Gasteiger partial charge is 0.231 e. The number of aromatic nitrogens is 3. The molecule has 0 saturated heterocycles. The number of carbonyl (C=O) groups is 1. The van der Waals surface area contributed by atoms with Crippen LogP contribution in [0.15, 0.2) is 36.8 Å². The number of alkyl halides is 1. The van der Waals surface area contributed by atoms with Crippen molar-refractivity contribution in [1.82, 2.24) is 15.0 Å². The largest absolute Gasteiger partial charge is 0.387 e. The molecule has 6 nitrogen and oxygen atoms in total. The molecule has 0 spiro atoms. The Labute approximate surface area is 168 Å². The summed E-state index contributed by atoms with van der Waals surface area (Å²) in [6.45, 7) is 4.00. The third-order valence-corrected chi connectivity index (χ3v) is 5.22. The second kappa shape index (κ2) is 7.83. The summed E-state index contributed by atoms with van der Waals surface area (Å²) in [5.41, 5.74) is 3.30. The first-order valence-electron chi connectivity index (χ1n) is 9.82. The number of carbonyl (C=O) groups excluding carboxylic acids is 1. The number of rotatable bonds is 6. The van der Waals surface area contributed by atoms with Gasteiger partial charge in [0.05, 0.1) is 23.4 Å². The first kappa shape index (κ1) is 19.4. The molecule has 2 N–H and O–H groups in total. The summed E-state index contributed by atoms with van der Waals surface area (Å²) < 4.78 is 13.0. The van der Waals surface area contributed by atoms with Crippen molar-refractivity contribution in [1.29, 1.82) is 0 Å². The molecule has 150 valence electrons. The summed E-state index contributed by atoms with van der Waals surface area (Å²) in [4.78, 5) is 25.1. The Morgan fingerprint density at radius 2 is 1.93 bits per heavy atom. The molecule has 1 saturated carbocycles. The average molecular weight is 394 g/mol. The van der Waals surface area contributed by atoms with Crippen LogP contribution in [-0.4, -0.2) is 32.1 Å². The Morgan fingerprint density at radius 1 is 1.21 bits per heavy atom. The number of hydrogen-bond acceptors (Lipinski definition) is 5. The normalized spacial score (nSPS) is 19.2. The zero-order valence-electron chi connectivity index (χ0n) is 16.4. The molecule has 1 aliphatic rings. The van der Waals surface area contributed by atoms with Crippen LogP contribution < -0.4 is 5.32 Å². The van der Waals surface area contributed by atoms with Crippen molar-refractivity contribution in [3.63, 3.8) is 0 Å². The predicted molar refractivity (Wildman–Crippen MR) is 109 cm³/mol. The number of hydrogen-bond donors (Lipinski definition) is 2. The summed E-state index contributed by atoms with van der Waals surface area (Å²) >= 11 is 0. The fourth-order valence-corrected chi connectivity index (χ4v) is 3.36. The fourth-order valence-electron chi connectivity index (χ4n) is 3.36. The standard InChI is InChI=1S/C22H23FN4O2/c1-3-4-20(28)19-5-12(2)16(11-25-19)18-6-13-10-26-21(7-14(13)9-24-18)27-22(29)15-8-17(15)23/h5-7,9-11,15,17,20,28H,3-4,8H2,1-2H3,(H,26,27,29)/t15-,17+,20-/m0/s1. The molecule has 1 amide bonds. The van der Waals surface area contributed by atoms with E-state index in [9.17, 15) is 14.3 Å². The second-order valence-corrected chi connectivity index (χ2v) is 7.56. The molecule has 4 rings (SSSR count). The summed E-state index contributed by atoms with van der Waals surface area (Å²) in [5, 5.41) is 14.5. The van der Waals surface area contributed by atoms with E-state index in [1.165, 1.54) is 0 Å². The van der Waals surface area contributed by atoms with Crippen molar-refractivity contribution in [2.45, 2.75) is 45.4 Å². The van der Waals surface area contributed by atoms with Crippen LogP contribution in [0.2, 0.25) is 0 Å². The van der Waals surface area contributed by atoms with Gasteiger partial charge in [0, 0.05) is 34.9 Å². The van der Waals surface area contributed by atoms with Gasteiger partial charge in [0.1, 0.15) is 12.0 Å². The first-order valence-corrected chi connectivity index (χ1v) is 9.82. The van der Waals surface area contributed by atoms with Gasteiger partial charge in [0.15, 0.2) is 0 Å². The van der Waals surface area contributed by atoms with E-state index in [1.807, 2.05) is 26.0 Å². The van der Waals surface area contributed by atoms with Gasteiger partial charge in [-0.3, -0.25) is 14.8 Å². The van der Waals surface area contributed by atoms with Gasteiger partial charge in [-0.1, -0.05) is 13.3 Å². The van der Waals surface area contributed by atoms with Gasteiger partial charge >= 0.3 is 0 Å². The van der Waals surface area contributed by atoms with Gasteiger partial charge in [0.2, 0.25) is 5.91 Å². The van der Waals surface area contributed by atoms with Gasteiger partial charge < -0.3 is 10.4 Å². The minimum absolute atomic E-state index is 0.284. The quantitative estimate of drug-likeness (QED) is 0.656. The number of amides is 1. The van der Waals surface area contributed by atoms with Gasteiger partial charge in [0.25, 0.3) is 0 Å². The summed E-state index contributed by atoms with van der Waals surface area (Å²) in [6, 6.07) is 5.54. The number of pyridine rings is 3. The Kier molecular flexibility index (Phi) is 5.24. The van der Waals surface area contributed by atoms with Crippen molar-refractivity contribution in [3.8, 4) is 11.3 Å². The number of aryl methyl sites for hydroxylation is 1. The summed E-state index contributed by atoms with van der Waals surface area (Å²) in [7, 11) is 0. The Morgan fingerprint density at radius 3 is 2.62 bits per heavy atom. The topological polar surface area (TPSA) is 88.0 Å². The third-order valence-electron chi connectivity index (χ3n) is 5.22. The van der Waals surface area contributed by atoms with E-state index in [1.54, 1.807) is 24.7 Å². The highest BCUT2D eigenvalue weighted by Crippen LogP contribution is 2.34. The van der Waals surface area contributed by atoms with Crippen LogP contribution in [0.4, 0.5) is 10.2 Å². The number of nitrogens with zero attached hydrogens (tertiary/aromatic N) is 3. The lowest BCUT2D eigenvalue weighted by atomic mass is 10.0. The highest BCUT2D eigenvalue weighted by atomic mass is 19.1. The molecular weight excluding hydrogens is 371 g/mol. The van der Waals surface area contributed by atoms with Gasteiger partial charge in [-0.05, 0) is 43.5 Å². The maximum absolute atomic E-state index is 13.0. The first-order chi connectivity index (χ1) is 14.0. The number of fused-ring (bicyclic) bond motifs is 1. The fraction of sp³-hybridized carbons (Fsp3) is 0.364. The van der Waals surface area contributed by atoms with Crippen LogP contribution in [0.5, 0.6) is 0 Å². The highest BCUT2D eigenvalue weighted by molar-refractivity contribution is 5.96. The van der Waals surface area contributed by atoms with Gasteiger partial charge in [-0.15, -0.1) is 0 Å². The minimum atomic E-state index is -1.04. The number of nitrogens with one attached hydrogen (secondary N) is 1. The summed E-state index contributed by atoms with van der Waals surface area (Å²) in [6.07, 6.45) is 5.38. The molecule has 0 bridgehead atoms. The monoisotopic (exact) mass is 394 g/mol. The molecule has 3 aromatic heterocycles. The number of aliphatic hydroxyl groups excluding tert-OH is 1. The Balaban J connectivity index is 1.57. The molecule has 7 heteroatoms. The molecule has 3 aromatic rings. The number of halogens is 1. The van der Waals surface area contributed by atoms with Crippen molar-refractivity contribution in [3.05, 3.63) is 48.0 Å². The van der Waals surface area contributed by atoms with Gasteiger partial charge in [-0.2, -0.15) is 0 Å². The van der Waals surface area contributed by atoms with Crippen LogP contribution >= 0.6 is 0 Å². The lowest BCUT2D eigenvalue weighted by molar-refractivity contribution is -0.117. The van der Waals surface area contributed by atoms with E-state index >= 15 is 0 Å². The molecule has 0 aromatic carbocycles. The van der Waals surface area contributed by atoms with Crippen LogP contribution in [-0.2, 0) is 4.79 Å². The maximum Gasteiger partial charge on any atom is 0.231 e. The van der Waals surface area contributed by atoms with E-state index in [4.69, 9.17) is 0 Å². The predicted octanol–water partition coefficient (Wildman–Crippen LogP) is 4.13. The summed E-state index contributed by atoms with van der Waals surface area (Å²) in [5.74, 6) is -0.494. The Hall–Kier alpha value is -2.93. The van der Waals surface area contributed by atoms with Crippen LogP contribution in [0, 0.1) is 12.8 Å². The molecule has 3 atom stereocenters. The molecule has 0 aliphatic heterocycles. The highest BCUT2D eigenvalue weighted by Gasteiger charge is 2.43. The minimum Gasteiger partial charge on any atom is -0.387 e. The van der Waals surface area contributed by atoms with E-state index in [0.29, 0.717) is 17.9 Å². The van der Waals surface area contributed by atoms with Crippen molar-refractivity contribution < 1.29 is 14.3 Å². The zero-order valence-corrected chi connectivity index (χ0v) is 16.4. The molecule has 1 fully saturated rings. The lowest BCUT2D eigenvalue weighted by Gasteiger charge is -2.12. The van der Waals surface area contributed by atoms with Crippen LogP contribution in [0.25, 0.3) is 22.0 Å². The van der Waals surface area contributed by atoms with Crippen LogP contribution in [0.1, 0.15) is 43.5 Å². The number of anilines is 1. The van der Waals surface area contributed by atoms with E-state index in [2.05, 4.69) is 20.3 Å². The number of aliphatic hydroxyl groups is 1. The third kappa shape index (κ3) is 4.10. The van der Waals surface area contributed by atoms with E-state index in [0.717, 1.165) is 34.0 Å². The lowest BCUT2D eigenvalue weighted by Crippen LogP contribution is -2.15. The zero-order chi connectivity index (χ0) is 20.5. The van der Waals surface area contributed by atoms with E-state index < -0.39 is 18.2 Å². The molecule has 1 aliphatic carbocycles. The average Bonchev–Trinajstić information content (AvgIpc) is 3.44. The SMILES string of the molecule is CCC[C@H](O)c1cc(C)c(-c2cc3cnc(NC(=O)[C@H]4C[C@H]4F)cc3cn2)cn1. The van der Waals surface area contributed by atoms with Gasteiger partial charge in [-0.25, -0.2) is 9.37 Å². The molecule has 0 unspecified atom stereocenters. The van der Waals surface area contributed by atoms with Crippen molar-refractivity contribution in [2.24, 2.45) is 5.92 Å².